The Morgan fingerprint density at radius 1 is 0.889 bits per heavy atom. The van der Waals surface area contributed by atoms with Crippen molar-refractivity contribution in [3.05, 3.63) is 84.2 Å². The van der Waals surface area contributed by atoms with Crippen LogP contribution in [-0.4, -0.2) is 15.0 Å². The van der Waals surface area contributed by atoms with E-state index < -0.39 is 0 Å². The molecule has 4 rings (SSSR count). The second kappa shape index (κ2) is 7.41. The van der Waals surface area contributed by atoms with Crippen molar-refractivity contribution in [2.75, 3.05) is 10.6 Å². The number of anilines is 3. The fourth-order valence-corrected chi connectivity index (χ4v) is 3.07. The van der Waals surface area contributed by atoms with Gasteiger partial charge in [0.1, 0.15) is 5.82 Å². The smallest absolute Gasteiger partial charge is 0.229 e. The number of hydrogen-bond acceptors (Lipinski definition) is 5. The van der Waals surface area contributed by atoms with Crippen LogP contribution < -0.4 is 10.6 Å². The highest BCUT2D eigenvalue weighted by Gasteiger charge is 2.09. The first kappa shape index (κ1) is 17.0. The Morgan fingerprint density at radius 3 is 2.56 bits per heavy atom. The summed E-state index contributed by atoms with van der Waals surface area (Å²) in [6.45, 7) is 4.08. The Hall–Kier alpha value is -3.47. The van der Waals surface area contributed by atoms with E-state index in [4.69, 9.17) is 0 Å². The molecule has 2 heterocycles. The molecule has 2 aromatic heterocycles. The molecule has 0 saturated carbocycles. The van der Waals surface area contributed by atoms with Crippen molar-refractivity contribution in [2.45, 2.75) is 19.9 Å². The van der Waals surface area contributed by atoms with Crippen LogP contribution in [0.5, 0.6) is 0 Å². The number of rotatable bonds is 5. The fraction of sp³-hybridized carbons (Fsp3) is 0.136. The molecule has 134 valence electrons. The van der Waals surface area contributed by atoms with Crippen LogP contribution in [0.15, 0.2) is 72.9 Å². The average molecular weight is 355 g/mol. The number of aromatic nitrogens is 3. The Kier molecular flexibility index (Phi) is 4.66. The quantitative estimate of drug-likeness (QED) is 0.512. The first-order valence-electron chi connectivity index (χ1n) is 8.97. The lowest BCUT2D eigenvalue weighted by atomic mass is 10.1. The molecule has 27 heavy (non-hydrogen) atoms. The van der Waals surface area contributed by atoms with Crippen LogP contribution in [-0.2, 0) is 0 Å². The summed E-state index contributed by atoms with van der Waals surface area (Å²) in [6, 6.07) is 22.4. The third-order valence-electron chi connectivity index (χ3n) is 4.40. The van der Waals surface area contributed by atoms with Crippen molar-refractivity contribution in [1.82, 2.24) is 15.0 Å². The van der Waals surface area contributed by atoms with E-state index in [9.17, 15) is 0 Å². The lowest BCUT2D eigenvalue weighted by molar-refractivity contribution is 0.871. The lowest BCUT2D eigenvalue weighted by Gasteiger charge is -2.16. The molecule has 0 aliphatic heterocycles. The largest absolute Gasteiger partial charge is 0.363 e. The van der Waals surface area contributed by atoms with Crippen LogP contribution >= 0.6 is 0 Å². The number of hydrogen-bond donors (Lipinski definition) is 2. The third kappa shape index (κ3) is 3.87. The molecule has 0 aliphatic carbocycles. The molecule has 0 fully saturated rings. The predicted molar refractivity (Wildman–Crippen MR) is 110 cm³/mol. The minimum absolute atomic E-state index is 0.146. The van der Waals surface area contributed by atoms with Gasteiger partial charge in [0.05, 0.1) is 11.2 Å². The molecule has 1 unspecified atom stereocenters. The maximum absolute atomic E-state index is 4.64. The van der Waals surface area contributed by atoms with Gasteiger partial charge in [0.25, 0.3) is 0 Å². The second-order valence-electron chi connectivity index (χ2n) is 6.50. The normalized spacial score (nSPS) is 11.9. The van der Waals surface area contributed by atoms with Crippen LogP contribution in [0.25, 0.3) is 10.9 Å². The zero-order valence-electron chi connectivity index (χ0n) is 15.3. The summed E-state index contributed by atoms with van der Waals surface area (Å²) in [5.74, 6) is 1.34. The average Bonchev–Trinajstić information content (AvgIpc) is 2.68. The van der Waals surface area contributed by atoms with Crippen molar-refractivity contribution in [3.8, 4) is 0 Å². The van der Waals surface area contributed by atoms with E-state index in [1.165, 1.54) is 5.56 Å². The summed E-state index contributed by atoms with van der Waals surface area (Å²) < 4.78 is 0. The van der Waals surface area contributed by atoms with Gasteiger partial charge < -0.3 is 10.6 Å². The number of aryl methyl sites for hydroxylation is 1. The summed E-state index contributed by atoms with van der Waals surface area (Å²) in [5.41, 5.74) is 3.89. The summed E-state index contributed by atoms with van der Waals surface area (Å²) >= 11 is 0. The standard InChI is InChI=1S/C22H21N5/c1-15-14-20(25-16(2)17-8-4-3-5-9-17)27-22(24-15)26-19-12-6-10-18-11-7-13-23-21(18)19/h3-14,16H,1-2H3,(H2,24,25,26,27). The van der Waals surface area contributed by atoms with Crippen molar-refractivity contribution < 1.29 is 0 Å². The number of fused-ring (bicyclic) bond motifs is 1. The highest BCUT2D eigenvalue weighted by Crippen LogP contribution is 2.24. The van der Waals surface area contributed by atoms with Crippen LogP contribution in [0, 0.1) is 6.92 Å². The van der Waals surface area contributed by atoms with Crippen LogP contribution in [0.4, 0.5) is 17.5 Å². The van der Waals surface area contributed by atoms with E-state index in [-0.39, 0.29) is 6.04 Å². The highest BCUT2D eigenvalue weighted by atomic mass is 15.2. The fourth-order valence-electron chi connectivity index (χ4n) is 3.07. The maximum atomic E-state index is 4.64. The zero-order valence-corrected chi connectivity index (χ0v) is 15.3. The third-order valence-corrected chi connectivity index (χ3v) is 4.40. The molecule has 2 aromatic carbocycles. The minimum atomic E-state index is 0.146. The summed E-state index contributed by atoms with van der Waals surface area (Å²) in [7, 11) is 0. The Morgan fingerprint density at radius 2 is 1.70 bits per heavy atom. The lowest BCUT2D eigenvalue weighted by Crippen LogP contribution is -2.10. The van der Waals surface area contributed by atoms with Gasteiger partial charge in [-0.25, -0.2) is 4.98 Å². The van der Waals surface area contributed by atoms with Gasteiger partial charge in [0.2, 0.25) is 5.95 Å². The molecule has 0 bridgehead atoms. The van der Waals surface area contributed by atoms with Gasteiger partial charge in [-0.05, 0) is 31.5 Å². The van der Waals surface area contributed by atoms with Gasteiger partial charge in [-0.15, -0.1) is 0 Å². The van der Waals surface area contributed by atoms with Gasteiger partial charge >= 0.3 is 0 Å². The van der Waals surface area contributed by atoms with Gasteiger partial charge in [-0.2, -0.15) is 4.98 Å². The Balaban J connectivity index is 1.61. The van der Waals surface area contributed by atoms with Crippen molar-refractivity contribution >= 4 is 28.4 Å². The molecular formula is C22H21N5. The molecule has 4 aromatic rings. The summed E-state index contributed by atoms with van der Waals surface area (Å²) in [4.78, 5) is 13.6. The minimum Gasteiger partial charge on any atom is -0.363 e. The van der Waals surface area contributed by atoms with E-state index in [2.05, 4.69) is 44.6 Å². The Labute approximate surface area is 158 Å². The first-order valence-corrected chi connectivity index (χ1v) is 8.97. The number of pyridine rings is 1. The molecule has 5 heteroatoms. The van der Waals surface area contributed by atoms with E-state index in [0.717, 1.165) is 28.1 Å². The first-order chi connectivity index (χ1) is 13.2. The molecule has 0 aliphatic rings. The van der Waals surface area contributed by atoms with Crippen molar-refractivity contribution in [3.63, 3.8) is 0 Å². The van der Waals surface area contributed by atoms with E-state index in [1.807, 2.05) is 61.5 Å². The predicted octanol–water partition coefficient (Wildman–Crippen LogP) is 5.25. The number of benzene rings is 2. The molecule has 2 N–H and O–H groups in total. The Bertz CT molecular complexity index is 1060. The van der Waals surface area contributed by atoms with Gasteiger partial charge in [-0.1, -0.05) is 48.5 Å². The number of para-hydroxylation sites is 1. The summed E-state index contributed by atoms with van der Waals surface area (Å²) in [6.07, 6.45) is 1.79. The van der Waals surface area contributed by atoms with E-state index in [0.29, 0.717) is 5.95 Å². The van der Waals surface area contributed by atoms with Crippen molar-refractivity contribution in [1.29, 1.82) is 0 Å². The topological polar surface area (TPSA) is 62.7 Å². The van der Waals surface area contributed by atoms with Crippen LogP contribution in [0.1, 0.15) is 24.2 Å². The van der Waals surface area contributed by atoms with Crippen LogP contribution in [0.3, 0.4) is 0 Å². The van der Waals surface area contributed by atoms with Crippen LogP contribution in [0.2, 0.25) is 0 Å². The maximum Gasteiger partial charge on any atom is 0.229 e. The molecule has 0 spiro atoms. The molecular weight excluding hydrogens is 334 g/mol. The summed E-state index contributed by atoms with van der Waals surface area (Å²) in [5, 5.41) is 7.85. The molecule has 0 radical (unpaired) electrons. The van der Waals surface area contributed by atoms with Gasteiger partial charge in [-0.3, -0.25) is 4.98 Å². The highest BCUT2D eigenvalue weighted by molar-refractivity contribution is 5.91. The molecule has 0 saturated heterocycles. The monoisotopic (exact) mass is 355 g/mol. The SMILES string of the molecule is Cc1cc(NC(C)c2ccccc2)nc(Nc2cccc3cccnc23)n1. The zero-order chi connectivity index (χ0) is 18.6. The van der Waals surface area contributed by atoms with Crippen molar-refractivity contribution in [2.24, 2.45) is 0 Å². The number of nitrogens with zero attached hydrogens (tertiary/aromatic N) is 3. The molecule has 5 nitrogen and oxygen atoms in total. The van der Waals surface area contributed by atoms with E-state index >= 15 is 0 Å². The molecule has 1 atom stereocenters. The number of nitrogens with one attached hydrogen (secondary N) is 2. The second-order valence-corrected chi connectivity index (χ2v) is 6.50. The van der Waals surface area contributed by atoms with E-state index in [1.54, 1.807) is 6.20 Å². The van der Waals surface area contributed by atoms with Gasteiger partial charge in [0, 0.05) is 29.4 Å². The van der Waals surface area contributed by atoms with Gasteiger partial charge in [0.15, 0.2) is 0 Å². The molecule has 0 amide bonds.